The van der Waals surface area contributed by atoms with Gasteiger partial charge < -0.3 is 20.7 Å². The van der Waals surface area contributed by atoms with Crippen LogP contribution in [0.25, 0.3) is 0 Å². The molecular weight excluding hydrogens is 230 g/mol. The molecule has 18 heavy (non-hydrogen) atoms. The monoisotopic (exact) mass is 257 g/mol. The van der Waals surface area contributed by atoms with Crippen LogP contribution in [-0.4, -0.2) is 56.7 Å². The Labute approximate surface area is 110 Å². The molecule has 1 aliphatic heterocycles. The molecule has 0 aliphatic carbocycles. The summed E-state index contributed by atoms with van der Waals surface area (Å²) in [7, 11) is 0. The highest BCUT2D eigenvalue weighted by Crippen LogP contribution is 2.07. The van der Waals surface area contributed by atoms with Crippen molar-refractivity contribution in [3.63, 3.8) is 0 Å². The van der Waals surface area contributed by atoms with Crippen LogP contribution in [0.1, 0.15) is 20.3 Å². The van der Waals surface area contributed by atoms with Crippen molar-refractivity contribution in [1.29, 1.82) is 0 Å². The van der Waals surface area contributed by atoms with Crippen molar-refractivity contribution >= 4 is 5.91 Å². The Bertz CT molecular complexity index is 240. The first-order chi connectivity index (χ1) is 8.65. The molecule has 0 spiro atoms. The number of nitrogens with zero attached hydrogens (tertiary/aromatic N) is 1. The second-order valence-electron chi connectivity index (χ2n) is 5.19. The highest BCUT2D eigenvalue weighted by atomic mass is 16.5. The highest BCUT2D eigenvalue weighted by molar-refractivity contribution is 5.76. The number of carbonyl (C=O) groups excluding carboxylic acids is 1. The first-order valence-electron chi connectivity index (χ1n) is 6.91. The molecule has 0 aromatic carbocycles. The van der Waals surface area contributed by atoms with Gasteiger partial charge in [0, 0.05) is 26.1 Å². The number of nitrogens with two attached hydrogens (primary N) is 1. The minimum atomic E-state index is 0.222. The average Bonchev–Trinajstić information content (AvgIpc) is 2.39. The quantitative estimate of drug-likeness (QED) is 0.633. The van der Waals surface area contributed by atoms with Crippen LogP contribution in [0.3, 0.4) is 0 Å². The van der Waals surface area contributed by atoms with E-state index in [2.05, 4.69) is 19.2 Å². The van der Waals surface area contributed by atoms with Crippen LogP contribution < -0.4 is 11.1 Å². The number of hydrogen-bond donors (Lipinski definition) is 2. The van der Waals surface area contributed by atoms with Gasteiger partial charge in [-0.15, -0.1) is 0 Å². The largest absolute Gasteiger partial charge is 0.378 e. The number of hydrogen-bond acceptors (Lipinski definition) is 4. The van der Waals surface area contributed by atoms with Crippen LogP contribution in [0.2, 0.25) is 0 Å². The maximum atomic E-state index is 11.9. The van der Waals surface area contributed by atoms with Crippen molar-refractivity contribution in [3.8, 4) is 0 Å². The smallest absolute Gasteiger partial charge is 0.224 e. The van der Waals surface area contributed by atoms with E-state index in [0.717, 1.165) is 26.2 Å². The second-order valence-corrected chi connectivity index (χ2v) is 5.19. The van der Waals surface area contributed by atoms with Crippen LogP contribution in [0.5, 0.6) is 0 Å². The molecule has 1 heterocycles. The normalized spacial score (nSPS) is 18.1. The zero-order valence-electron chi connectivity index (χ0n) is 11.7. The van der Waals surface area contributed by atoms with Gasteiger partial charge in [-0.2, -0.15) is 0 Å². The molecule has 1 amide bonds. The van der Waals surface area contributed by atoms with E-state index in [4.69, 9.17) is 10.5 Å². The number of carbonyl (C=O) groups is 1. The van der Waals surface area contributed by atoms with Gasteiger partial charge in [0.1, 0.15) is 0 Å². The Balaban J connectivity index is 2.11. The minimum absolute atomic E-state index is 0.222. The molecule has 5 heteroatoms. The molecule has 1 aliphatic rings. The first kappa shape index (κ1) is 15.4. The van der Waals surface area contributed by atoms with Crippen molar-refractivity contribution in [3.05, 3.63) is 0 Å². The lowest BCUT2D eigenvalue weighted by Gasteiger charge is -2.27. The number of ether oxygens (including phenoxy) is 1. The molecule has 1 atom stereocenters. The topological polar surface area (TPSA) is 67.6 Å². The predicted octanol–water partition coefficient (Wildman–Crippen LogP) is 0.0558. The minimum Gasteiger partial charge on any atom is -0.378 e. The van der Waals surface area contributed by atoms with Crippen molar-refractivity contribution in [1.82, 2.24) is 10.2 Å². The Morgan fingerprint density at radius 3 is 2.61 bits per heavy atom. The molecule has 3 N–H and O–H groups in total. The number of nitrogens with one attached hydrogen (secondary N) is 1. The Hall–Kier alpha value is -0.650. The summed E-state index contributed by atoms with van der Waals surface area (Å²) in [5.41, 5.74) is 5.70. The van der Waals surface area contributed by atoms with Crippen LogP contribution in [0.15, 0.2) is 0 Å². The molecule has 1 fully saturated rings. The van der Waals surface area contributed by atoms with Gasteiger partial charge in [0.05, 0.1) is 13.2 Å². The fourth-order valence-electron chi connectivity index (χ4n) is 2.04. The molecule has 0 radical (unpaired) electrons. The lowest BCUT2D eigenvalue weighted by Crippen LogP contribution is -2.42. The first-order valence-corrected chi connectivity index (χ1v) is 6.91. The zero-order chi connectivity index (χ0) is 13.4. The van der Waals surface area contributed by atoms with Crippen LogP contribution in [0, 0.1) is 11.8 Å². The number of amides is 1. The fourth-order valence-corrected chi connectivity index (χ4v) is 2.04. The molecular formula is C13H27N3O2. The molecule has 1 saturated heterocycles. The van der Waals surface area contributed by atoms with Crippen molar-refractivity contribution in [2.75, 3.05) is 45.9 Å². The van der Waals surface area contributed by atoms with Crippen LogP contribution >= 0.6 is 0 Å². The standard InChI is InChI=1S/C13H27N3O2/c1-11(2)12(9-14)10-15-4-3-13(17)16-5-7-18-8-6-16/h11-12,15H,3-10,14H2,1-2H3. The van der Waals surface area contributed by atoms with Gasteiger partial charge in [0.25, 0.3) is 0 Å². The second kappa shape index (κ2) is 8.45. The molecule has 1 unspecified atom stereocenters. The molecule has 5 nitrogen and oxygen atoms in total. The van der Waals surface area contributed by atoms with Crippen molar-refractivity contribution in [2.45, 2.75) is 20.3 Å². The molecule has 0 bridgehead atoms. The Morgan fingerprint density at radius 2 is 2.06 bits per heavy atom. The lowest BCUT2D eigenvalue weighted by atomic mass is 9.96. The summed E-state index contributed by atoms with van der Waals surface area (Å²) in [4.78, 5) is 13.7. The van der Waals surface area contributed by atoms with E-state index in [-0.39, 0.29) is 5.91 Å². The molecule has 0 aromatic rings. The van der Waals surface area contributed by atoms with E-state index < -0.39 is 0 Å². The summed E-state index contributed by atoms with van der Waals surface area (Å²) in [6, 6.07) is 0. The van der Waals surface area contributed by atoms with E-state index in [1.54, 1.807) is 0 Å². The summed E-state index contributed by atoms with van der Waals surface area (Å²) in [6.07, 6.45) is 0.565. The van der Waals surface area contributed by atoms with E-state index in [1.165, 1.54) is 0 Å². The van der Waals surface area contributed by atoms with Gasteiger partial charge in [-0.3, -0.25) is 4.79 Å². The number of rotatable bonds is 7. The Kier molecular flexibility index (Phi) is 7.23. The van der Waals surface area contributed by atoms with E-state index in [9.17, 15) is 4.79 Å². The SMILES string of the molecule is CC(C)C(CN)CNCCC(=O)N1CCOCC1. The van der Waals surface area contributed by atoms with E-state index in [1.807, 2.05) is 4.90 Å². The summed E-state index contributed by atoms with van der Waals surface area (Å²) in [5.74, 6) is 1.29. The summed E-state index contributed by atoms with van der Waals surface area (Å²) in [6.45, 7) is 9.48. The van der Waals surface area contributed by atoms with Gasteiger partial charge in [-0.1, -0.05) is 13.8 Å². The summed E-state index contributed by atoms with van der Waals surface area (Å²) in [5, 5.41) is 3.33. The third kappa shape index (κ3) is 5.33. The third-order valence-electron chi connectivity index (χ3n) is 3.53. The van der Waals surface area contributed by atoms with Gasteiger partial charge in [-0.05, 0) is 24.9 Å². The molecule has 0 saturated carbocycles. The lowest BCUT2D eigenvalue weighted by molar-refractivity contribution is -0.135. The maximum absolute atomic E-state index is 11.9. The van der Waals surface area contributed by atoms with Crippen molar-refractivity contribution < 1.29 is 9.53 Å². The summed E-state index contributed by atoms with van der Waals surface area (Å²) < 4.78 is 5.22. The Morgan fingerprint density at radius 1 is 1.39 bits per heavy atom. The molecule has 1 rings (SSSR count). The van der Waals surface area contributed by atoms with Gasteiger partial charge >= 0.3 is 0 Å². The van der Waals surface area contributed by atoms with E-state index >= 15 is 0 Å². The fraction of sp³-hybridized carbons (Fsp3) is 0.923. The van der Waals surface area contributed by atoms with E-state index in [0.29, 0.717) is 38.0 Å². The van der Waals surface area contributed by atoms with Crippen LogP contribution in [0.4, 0.5) is 0 Å². The summed E-state index contributed by atoms with van der Waals surface area (Å²) >= 11 is 0. The van der Waals surface area contributed by atoms with Crippen LogP contribution in [-0.2, 0) is 9.53 Å². The predicted molar refractivity (Wildman–Crippen MR) is 72.3 cm³/mol. The maximum Gasteiger partial charge on any atom is 0.224 e. The highest BCUT2D eigenvalue weighted by Gasteiger charge is 2.16. The number of morpholine rings is 1. The average molecular weight is 257 g/mol. The van der Waals surface area contributed by atoms with Gasteiger partial charge in [0.2, 0.25) is 5.91 Å². The van der Waals surface area contributed by atoms with Gasteiger partial charge in [0.15, 0.2) is 0 Å². The molecule has 0 aromatic heterocycles. The molecule has 106 valence electrons. The zero-order valence-corrected chi connectivity index (χ0v) is 11.7. The third-order valence-corrected chi connectivity index (χ3v) is 3.53. The van der Waals surface area contributed by atoms with Gasteiger partial charge in [-0.25, -0.2) is 0 Å². The van der Waals surface area contributed by atoms with Crippen molar-refractivity contribution in [2.24, 2.45) is 17.6 Å².